The van der Waals surface area contributed by atoms with Crippen molar-refractivity contribution in [1.82, 2.24) is 36.5 Å². The summed E-state index contributed by atoms with van der Waals surface area (Å²) in [5.41, 5.74) is 1.65. The molecule has 0 saturated carbocycles. The average Bonchev–Trinajstić information content (AvgIpc) is 3.87. The van der Waals surface area contributed by atoms with Crippen LogP contribution in [0, 0.1) is 5.92 Å². The highest BCUT2D eigenvalue weighted by Gasteiger charge is 2.38. The number of ketones is 1. The molecule has 1 aromatic carbocycles. The van der Waals surface area contributed by atoms with Crippen LogP contribution in [0.3, 0.4) is 0 Å². The number of carboxylic acid groups (broad SMARTS) is 1. The van der Waals surface area contributed by atoms with Crippen molar-refractivity contribution in [3.63, 3.8) is 0 Å². The number of rotatable bonds is 20. The number of hydrogen-bond donors (Lipinski definition) is 7. The van der Waals surface area contributed by atoms with E-state index in [9.17, 15) is 38.7 Å². The van der Waals surface area contributed by atoms with Gasteiger partial charge >= 0.3 is 5.97 Å². The quantitative estimate of drug-likeness (QED) is 0.0971. The highest BCUT2D eigenvalue weighted by Crippen LogP contribution is 2.24. The van der Waals surface area contributed by atoms with Gasteiger partial charge in [-0.2, -0.15) is 0 Å². The third-order valence-electron chi connectivity index (χ3n) is 9.60. The predicted molar refractivity (Wildman–Crippen MR) is 188 cm³/mol. The number of aromatic nitrogens is 1. The first-order valence-corrected chi connectivity index (χ1v) is 17.9. The van der Waals surface area contributed by atoms with Gasteiger partial charge in [-0.3, -0.25) is 28.8 Å². The van der Waals surface area contributed by atoms with Crippen molar-refractivity contribution >= 4 is 52.2 Å². The molecule has 0 bridgehead atoms. The van der Waals surface area contributed by atoms with E-state index < -0.39 is 53.8 Å². The van der Waals surface area contributed by atoms with Gasteiger partial charge in [0.1, 0.15) is 18.1 Å². The fourth-order valence-corrected chi connectivity index (χ4v) is 6.75. The van der Waals surface area contributed by atoms with Crippen molar-refractivity contribution in [3.8, 4) is 0 Å². The smallest absolute Gasteiger partial charge is 0.326 e. The molecule has 2 saturated heterocycles. The Hall–Kier alpha value is -4.79. The normalized spacial score (nSPS) is 18.9. The highest BCUT2D eigenvalue weighted by atomic mass is 16.4. The molecule has 2 fully saturated rings. The lowest BCUT2D eigenvalue weighted by Crippen LogP contribution is -2.52. The minimum atomic E-state index is -1.10. The summed E-state index contributed by atoms with van der Waals surface area (Å²) in [6.45, 7) is 2.91. The standard InChI is InChI=1S/C36H51N7O8/c1-22(35(49)43-18-8-12-29(43)36(50)51)40-33(47)23(19-24-21-39-26-10-4-3-9-25(24)26)20-30(44)27(42-34(48)28-14-15-32(46)41-28)11-5-6-17-38-31(45)13-7-16-37-2/h3-4,9-10,21-23,27-29,37,39H,5-8,11-20H2,1-2H3,(H,38,45)(H,40,47)(H,41,46)(H,42,48)(H,50,51). The third kappa shape index (κ3) is 11.1. The lowest BCUT2D eigenvalue weighted by atomic mass is 9.89. The van der Waals surface area contributed by atoms with Gasteiger partial charge in [0.05, 0.1) is 6.04 Å². The number of para-hydroxylation sites is 1. The van der Waals surface area contributed by atoms with Gasteiger partial charge in [0.25, 0.3) is 0 Å². The second-order valence-corrected chi connectivity index (χ2v) is 13.5. The molecule has 15 heteroatoms. The van der Waals surface area contributed by atoms with Crippen molar-refractivity contribution in [1.29, 1.82) is 0 Å². The molecule has 2 aliphatic heterocycles. The first-order chi connectivity index (χ1) is 24.5. The molecule has 5 unspecified atom stereocenters. The molecule has 278 valence electrons. The zero-order valence-corrected chi connectivity index (χ0v) is 29.4. The van der Waals surface area contributed by atoms with Crippen LogP contribution in [-0.2, 0) is 40.0 Å². The predicted octanol–water partition coefficient (Wildman–Crippen LogP) is 0.916. The molecule has 15 nitrogen and oxygen atoms in total. The van der Waals surface area contributed by atoms with Crippen LogP contribution in [0.1, 0.15) is 76.7 Å². The van der Waals surface area contributed by atoms with Crippen LogP contribution in [0.5, 0.6) is 0 Å². The summed E-state index contributed by atoms with van der Waals surface area (Å²) in [6.07, 6.45) is 5.49. The number of carbonyl (C=O) groups is 7. The van der Waals surface area contributed by atoms with E-state index in [0.29, 0.717) is 51.5 Å². The van der Waals surface area contributed by atoms with Gasteiger partial charge in [-0.1, -0.05) is 18.2 Å². The van der Waals surface area contributed by atoms with E-state index in [1.807, 2.05) is 31.3 Å². The molecule has 5 atom stereocenters. The molecule has 0 spiro atoms. The Morgan fingerprint density at radius 1 is 1.02 bits per heavy atom. The van der Waals surface area contributed by atoms with Crippen LogP contribution in [0.4, 0.5) is 0 Å². The summed E-state index contributed by atoms with van der Waals surface area (Å²) in [7, 11) is 1.82. The molecule has 2 aromatic rings. The van der Waals surface area contributed by atoms with Crippen LogP contribution in [0.2, 0.25) is 0 Å². The number of carboxylic acids is 1. The number of fused-ring (bicyclic) bond motifs is 1. The van der Waals surface area contributed by atoms with Crippen molar-refractivity contribution in [3.05, 3.63) is 36.0 Å². The molecule has 51 heavy (non-hydrogen) atoms. The second-order valence-electron chi connectivity index (χ2n) is 13.5. The van der Waals surface area contributed by atoms with E-state index in [1.54, 1.807) is 6.20 Å². The van der Waals surface area contributed by atoms with Crippen LogP contribution in [-0.4, -0.2) is 107 Å². The van der Waals surface area contributed by atoms with E-state index in [2.05, 4.69) is 31.6 Å². The van der Waals surface area contributed by atoms with Gasteiger partial charge in [0.15, 0.2) is 5.78 Å². The SMILES string of the molecule is CNCCCC(=O)NCCCCC(NC(=O)C1CCC(=O)N1)C(=O)CC(Cc1c[nH]c2ccccc12)C(=O)NC(C)C(=O)N1CCCC1C(=O)O. The van der Waals surface area contributed by atoms with Crippen molar-refractivity contribution < 1.29 is 38.7 Å². The molecule has 3 heterocycles. The zero-order valence-electron chi connectivity index (χ0n) is 29.4. The Kier molecular flexibility index (Phi) is 14.5. The van der Waals surface area contributed by atoms with Gasteiger partial charge in [0.2, 0.25) is 29.5 Å². The van der Waals surface area contributed by atoms with Gasteiger partial charge in [-0.15, -0.1) is 0 Å². The van der Waals surface area contributed by atoms with Gasteiger partial charge in [-0.25, -0.2) is 4.79 Å². The average molecular weight is 710 g/mol. The van der Waals surface area contributed by atoms with Gasteiger partial charge < -0.3 is 41.6 Å². The number of benzene rings is 1. The maximum absolute atomic E-state index is 14.0. The fraction of sp³-hybridized carbons (Fsp3) is 0.583. The molecular formula is C36H51N7O8. The summed E-state index contributed by atoms with van der Waals surface area (Å²) in [6, 6.07) is 3.83. The lowest BCUT2D eigenvalue weighted by Gasteiger charge is -2.27. The Labute approximate surface area is 297 Å². The minimum Gasteiger partial charge on any atom is -0.480 e. The summed E-state index contributed by atoms with van der Waals surface area (Å²) in [5, 5.41) is 24.5. The van der Waals surface area contributed by atoms with Crippen LogP contribution in [0.15, 0.2) is 30.5 Å². The number of nitrogens with one attached hydrogen (secondary N) is 6. The first-order valence-electron chi connectivity index (χ1n) is 17.9. The number of hydrogen-bond acceptors (Lipinski definition) is 8. The van der Waals surface area contributed by atoms with E-state index in [1.165, 1.54) is 11.8 Å². The Bertz CT molecular complexity index is 1580. The Balaban J connectivity index is 1.47. The number of carbonyl (C=O) groups excluding carboxylic acids is 6. The number of nitrogens with zero attached hydrogens (tertiary/aromatic N) is 1. The molecule has 0 aliphatic carbocycles. The number of aliphatic carboxylic acids is 1. The van der Waals surface area contributed by atoms with E-state index in [0.717, 1.165) is 23.0 Å². The number of unbranched alkanes of at least 4 members (excludes halogenated alkanes) is 1. The molecule has 7 N–H and O–H groups in total. The monoisotopic (exact) mass is 709 g/mol. The molecule has 1 aromatic heterocycles. The van der Waals surface area contributed by atoms with E-state index in [-0.39, 0.29) is 49.8 Å². The number of H-pyrrole nitrogens is 1. The first kappa shape index (κ1) is 39.0. The molecule has 5 amide bonds. The van der Waals surface area contributed by atoms with Gasteiger partial charge in [-0.05, 0) is 83.5 Å². The summed E-state index contributed by atoms with van der Waals surface area (Å²) >= 11 is 0. The summed E-state index contributed by atoms with van der Waals surface area (Å²) in [4.78, 5) is 94.4. The topological polar surface area (TPSA) is 219 Å². The van der Waals surface area contributed by atoms with Crippen LogP contribution >= 0.6 is 0 Å². The van der Waals surface area contributed by atoms with Crippen LogP contribution < -0.4 is 26.6 Å². The van der Waals surface area contributed by atoms with Crippen molar-refractivity contribution in [2.75, 3.05) is 26.7 Å². The molecular weight excluding hydrogens is 658 g/mol. The van der Waals surface area contributed by atoms with E-state index >= 15 is 0 Å². The summed E-state index contributed by atoms with van der Waals surface area (Å²) in [5.74, 6) is -4.25. The molecule has 2 aliphatic rings. The maximum Gasteiger partial charge on any atom is 0.326 e. The number of aromatic amines is 1. The third-order valence-corrected chi connectivity index (χ3v) is 9.60. The fourth-order valence-electron chi connectivity index (χ4n) is 6.75. The van der Waals surface area contributed by atoms with Crippen molar-refractivity contribution in [2.45, 2.75) is 102 Å². The summed E-state index contributed by atoms with van der Waals surface area (Å²) < 4.78 is 0. The molecule has 4 rings (SSSR count). The van der Waals surface area contributed by atoms with E-state index in [4.69, 9.17) is 0 Å². The Morgan fingerprint density at radius 3 is 2.53 bits per heavy atom. The Morgan fingerprint density at radius 2 is 1.80 bits per heavy atom. The number of amides is 5. The number of Topliss-reactive ketones (excluding diaryl/α,β-unsaturated/α-hetero) is 1. The second kappa shape index (κ2) is 19.0. The number of likely N-dealkylation sites (tertiary alicyclic amines) is 1. The van der Waals surface area contributed by atoms with Crippen LogP contribution in [0.25, 0.3) is 10.9 Å². The lowest BCUT2D eigenvalue weighted by molar-refractivity contribution is -0.149. The maximum atomic E-state index is 14.0. The largest absolute Gasteiger partial charge is 0.480 e. The van der Waals surface area contributed by atoms with Crippen molar-refractivity contribution in [2.24, 2.45) is 5.92 Å². The highest BCUT2D eigenvalue weighted by molar-refractivity contribution is 5.97. The molecule has 0 radical (unpaired) electrons. The van der Waals surface area contributed by atoms with Gasteiger partial charge in [0, 0.05) is 55.4 Å². The minimum absolute atomic E-state index is 0.0646. The zero-order chi connectivity index (χ0) is 36.9.